The number of nitro benzene ring substituents is 1. The van der Waals surface area contributed by atoms with Crippen molar-refractivity contribution in [3.8, 4) is 5.75 Å². The lowest BCUT2D eigenvalue weighted by Crippen LogP contribution is -2.02. The van der Waals surface area contributed by atoms with Gasteiger partial charge in [0.2, 0.25) is 0 Å². The van der Waals surface area contributed by atoms with Crippen LogP contribution in [0.2, 0.25) is 0 Å². The highest BCUT2D eigenvalue weighted by molar-refractivity contribution is 7.11. The van der Waals surface area contributed by atoms with Crippen LogP contribution in [0.5, 0.6) is 5.75 Å². The Balaban J connectivity index is 2.21. The van der Waals surface area contributed by atoms with Crippen molar-refractivity contribution in [2.75, 3.05) is 0 Å². The molecule has 2 rings (SSSR count). The van der Waals surface area contributed by atoms with Crippen LogP contribution < -0.4 is 4.74 Å². The topological polar surface area (TPSA) is 85.5 Å². The van der Waals surface area contributed by atoms with E-state index in [1.165, 1.54) is 18.2 Å². The van der Waals surface area contributed by atoms with Crippen LogP contribution in [0.15, 0.2) is 18.2 Å². The van der Waals surface area contributed by atoms with Gasteiger partial charge >= 0.3 is 0 Å². The van der Waals surface area contributed by atoms with Gasteiger partial charge in [-0.05, 0) is 26.8 Å². The number of hydrogen-bond donors (Lipinski definition) is 1. The second-order valence-electron chi connectivity index (χ2n) is 4.69. The number of ether oxygens (including phenoxy) is 1. The van der Waals surface area contributed by atoms with Crippen molar-refractivity contribution in [1.29, 1.82) is 0 Å². The summed E-state index contributed by atoms with van der Waals surface area (Å²) in [5, 5.41) is 21.4. The van der Waals surface area contributed by atoms with Crippen LogP contribution in [0.4, 0.5) is 5.69 Å². The first kappa shape index (κ1) is 15.4. The van der Waals surface area contributed by atoms with Crippen molar-refractivity contribution in [3.05, 3.63) is 49.5 Å². The fourth-order valence-corrected chi connectivity index (χ4v) is 2.69. The van der Waals surface area contributed by atoms with E-state index in [9.17, 15) is 15.2 Å². The summed E-state index contributed by atoms with van der Waals surface area (Å²) in [7, 11) is 0. The van der Waals surface area contributed by atoms with Crippen LogP contribution in [-0.4, -0.2) is 15.0 Å². The lowest BCUT2D eigenvalue weighted by atomic mass is 10.1. The predicted octanol–water partition coefficient (Wildman–Crippen LogP) is 3.30. The van der Waals surface area contributed by atoms with Crippen LogP contribution in [0.25, 0.3) is 0 Å². The van der Waals surface area contributed by atoms with E-state index in [1.54, 1.807) is 18.3 Å². The molecule has 0 aliphatic heterocycles. The highest BCUT2D eigenvalue weighted by atomic mass is 32.1. The average molecular weight is 308 g/mol. The summed E-state index contributed by atoms with van der Waals surface area (Å²) in [5.41, 5.74) is 1.30. The van der Waals surface area contributed by atoms with Gasteiger partial charge in [-0.2, -0.15) is 0 Å². The number of rotatable bonds is 5. The number of thiazole rings is 1. The molecule has 6 nitrogen and oxygen atoms in total. The van der Waals surface area contributed by atoms with Gasteiger partial charge in [-0.1, -0.05) is 0 Å². The van der Waals surface area contributed by atoms with Gasteiger partial charge in [-0.25, -0.2) is 4.98 Å². The normalized spacial score (nSPS) is 12.2. The smallest absolute Gasteiger partial charge is 0.270 e. The van der Waals surface area contributed by atoms with Gasteiger partial charge in [0.15, 0.2) is 0 Å². The van der Waals surface area contributed by atoms with Crippen molar-refractivity contribution in [2.24, 2.45) is 0 Å². The Kier molecular flexibility index (Phi) is 4.54. The van der Waals surface area contributed by atoms with Gasteiger partial charge in [-0.3, -0.25) is 10.1 Å². The molecule has 0 saturated carbocycles. The minimum absolute atomic E-state index is 0.0702. The van der Waals surface area contributed by atoms with Crippen molar-refractivity contribution >= 4 is 17.0 Å². The van der Waals surface area contributed by atoms with Crippen molar-refractivity contribution in [3.63, 3.8) is 0 Å². The number of aliphatic hydroxyl groups excluding tert-OH is 1. The molecule has 0 bridgehead atoms. The molecule has 112 valence electrons. The van der Waals surface area contributed by atoms with Crippen LogP contribution in [0, 0.1) is 24.0 Å². The summed E-state index contributed by atoms with van der Waals surface area (Å²) in [6, 6.07) is 4.20. The monoisotopic (exact) mass is 308 g/mol. The Morgan fingerprint density at radius 1 is 1.48 bits per heavy atom. The molecule has 0 spiro atoms. The molecule has 0 amide bonds. The van der Waals surface area contributed by atoms with Gasteiger partial charge < -0.3 is 9.84 Å². The molecule has 2 aromatic rings. The second kappa shape index (κ2) is 6.19. The summed E-state index contributed by atoms with van der Waals surface area (Å²) in [5.74, 6) is 0.432. The van der Waals surface area contributed by atoms with Gasteiger partial charge in [0.25, 0.3) is 5.69 Å². The first-order valence-electron chi connectivity index (χ1n) is 6.40. The molecule has 7 heteroatoms. The summed E-state index contributed by atoms with van der Waals surface area (Å²) >= 11 is 1.55. The zero-order valence-electron chi connectivity index (χ0n) is 12.0. The fourth-order valence-electron chi connectivity index (χ4n) is 1.85. The van der Waals surface area contributed by atoms with Crippen LogP contribution in [-0.2, 0) is 6.61 Å². The Morgan fingerprint density at radius 2 is 2.19 bits per heavy atom. The zero-order chi connectivity index (χ0) is 15.6. The molecule has 0 aliphatic carbocycles. The van der Waals surface area contributed by atoms with Crippen LogP contribution in [0.3, 0.4) is 0 Å². The SMILES string of the molecule is Cc1nc(COc2ccc([N+](=O)[O-])cc2C(C)O)sc1C. The maximum Gasteiger partial charge on any atom is 0.270 e. The Bertz CT molecular complexity index is 647. The summed E-state index contributed by atoms with van der Waals surface area (Å²) in [6.45, 7) is 5.74. The fraction of sp³-hybridized carbons (Fsp3) is 0.357. The van der Waals surface area contributed by atoms with E-state index in [0.717, 1.165) is 15.6 Å². The van der Waals surface area contributed by atoms with E-state index < -0.39 is 11.0 Å². The lowest BCUT2D eigenvalue weighted by molar-refractivity contribution is -0.385. The number of aromatic nitrogens is 1. The number of aryl methyl sites for hydroxylation is 2. The summed E-state index contributed by atoms with van der Waals surface area (Å²) < 4.78 is 5.65. The minimum atomic E-state index is -0.848. The average Bonchev–Trinajstić information content (AvgIpc) is 2.75. The molecular weight excluding hydrogens is 292 g/mol. The molecule has 1 aromatic carbocycles. The third kappa shape index (κ3) is 3.56. The number of nitro groups is 1. The number of non-ortho nitro benzene ring substituents is 1. The Morgan fingerprint density at radius 3 is 2.71 bits per heavy atom. The molecule has 0 aliphatic rings. The van der Waals surface area contributed by atoms with E-state index in [4.69, 9.17) is 4.74 Å². The third-order valence-corrected chi connectivity index (χ3v) is 4.12. The third-order valence-electron chi connectivity index (χ3n) is 3.08. The zero-order valence-corrected chi connectivity index (χ0v) is 12.8. The van der Waals surface area contributed by atoms with E-state index in [1.807, 2.05) is 13.8 Å². The molecular formula is C14H16N2O4S. The molecule has 1 atom stereocenters. The first-order chi connectivity index (χ1) is 9.88. The largest absolute Gasteiger partial charge is 0.486 e. The maximum absolute atomic E-state index is 10.8. The van der Waals surface area contributed by atoms with Crippen LogP contribution in [0.1, 0.15) is 34.2 Å². The quantitative estimate of drug-likeness (QED) is 0.676. The summed E-state index contributed by atoms with van der Waals surface area (Å²) in [6.07, 6.45) is -0.848. The minimum Gasteiger partial charge on any atom is -0.486 e. The van der Waals surface area contributed by atoms with Crippen molar-refractivity contribution < 1.29 is 14.8 Å². The van der Waals surface area contributed by atoms with E-state index in [2.05, 4.69) is 4.98 Å². The molecule has 1 N–H and O–H groups in total. The molecule has 0 fully saturated rings. The predicted molar refractivity (Wildman–Crippen MR) is 79.7 cm³/mol. The van der Waals surface area contributed by atoms with Gasteiger partial charge in [0.1, 0.15) is 17.4 Å². The maximum atomic E-state index is 10.8. The lowest BCUT2D eigenvalue weighted by Gasteiger charge is -2.12. The molecule has 0 saturated heterocycles. The van der Waals surface area contributed by atoms with E-state index in [0.29, 0.717) is 11.3 Å². The van der Waals surface area contributed by atoms with Crippen LogP contribution >= 0.6 is 11.3 Å². The number of hydrogen-bond acceptors (Lipinski definition) is 6. The standard InChI is InChI=1S/C14H16N2O4S/c1-8-10(3)21-14(15-8)7-20-13-5-4-11(16(18)19)6-12(13)9(2)17/h4-6,9,17H,7H2,1-3H3. The Labute approximate surface area is 126 Å². The van der Waals surface area contributed by atoms with Gasteiger partial charge in [0.05, 0.1) is 16.7 Å². The number of aliphatic hydroxyl groups is 1. The number of benzene rings is 1. The van der Waals surface area contributed by atoms with Gasteiger partial charge in [0, 0.05) is 22.6 Å². The Hall–Kier alpha value is -1.99. The molecule has 1 heterocycles. The number of nitrogens with zero attached hydrogens (tertiary/aromatic N) is 2. The van der Waals surface area contributed by atoms with Crippen molar-refractivity contribution in [2.45, 2.75) is 33.5 Å². The second-order valence-corrected chi connectivity index (χ2v) is 5.98. The highest BCUT2D eigenvalue weighted by Crippen LogP contribution is 2.30. The molecule has 0 radical (unpaired) electrons. The van der Waals surface area contributed by atoms with Crippen molar-refractivity contribution in [1.82, 2.24) is 4.98 Å². The molecule has 21 heavy (non-hydrogen) atoms. The van der Waals surface area contributed by atoms with E-state index >= 15 is 0 Å². The first-order valence-corrected chi connectivity index (χ1v) is 7.22. The summed E-state index contributed by atoms with van der Waals surface area (Å²) in [4.78, 5) is 15.8. The molecule has 1 unspecified atom stereocenters. The highest BCUT2D eigenvalue weighted by Gasteiger charge is 2.16. The van der Waals surface area contributed by atoms with Gasteiger partial charge in [-0.15, -0.1) is 11.3 Å². The molecule has 1 aromatic heterocycles. The van der Waals surface area contributed by atoms with E-state index in [-0.39, 0.29) is 12.3 Å².